The molecule has 0 unspecified atom stereocenters. The maximum Gasteiger partial charge on any atom is 0.222 e. The Morgan fingerprint density at radius 2 is 1.62 bits per heavy atom. The van der Waals surface area contributed by atoms with Crippen molar-refractivity contribution >= 4 is 11.7 Å². The Balaban J connectivity index is 2.13. The third-order valence-electron chi connectivity index (χ3n) is 3.63. The zero-order valence-electron chi connectivity index (χ0n) is 8.01. The van der Waals surface area contributed by atoms with E-state index in [1.165, 1.54) is 0 Å². The van der Waals surface area contributed by atoms with Gasteiger partial charge in [-0.3, -0.25) is 9.59 Å². The lowest BCUT2D eigenvalue weighted by atomic mass is 9.79. The number of likely N-dealkylation sites (tertiary alicyclic amines) is 1. The van der Waals surface area contributed by atoms with Crippen molar-refractivity contribution in [2.75, 3.05) is 7.05 Å². The van der Waals surface area contributed by atoms with Gasteiger partial charge >= 0.3 is 0 Å². The molecule has 3 heteroatoms. The van der Waals surface area contributed by atoms with Crippen LogP contribution in [0.1, 0.15) is 38.5 Å². The van der Waals surface area contributed by atoms with Crippen LogP contribution in [-0.4, -0.2) is 29.2 Å². The zero-order chi connectivity index (χ0) is 9.47. The van der Waals surface area contributed by atoms with Crippen LogP contribution >= 0.6 is 0 Å². The largest absolute Gasteiger partial charge is 0.340 e. The summed E-state index contributed by atoms with van der Waals surface area (Å²) in [4.78, 5) is 24.3. The Kier molecular flexibility index (Phi) is 1.90. The Morgan fingerprint density at radius 3 is 2.08 bits per heavy atom. The monoisotopic (exact) mass is 181 g/mol. The number of ketones is 1. The highest BCUT2D eigenvalue weighted by molar-refractivity contribution is 5.82. The summed E-state index contributed by atoms with van der Waals surface area (Å²) in [6.45, 7) is 0. The molecule has 13 heavy (non-hydrogen) atoms. The molecule has 72 valence electrons. The van der Waals surface area contributed by atoms with E-state index in [9.17, 15) is 9.59 Å². The predicted octanol–water partition coefficient (Wildman–Crippen LogP) is 1.12. The summed E-state index contributed by atoms with van der Waals surface area (Å²) in [5.41, 5.74) is 0.0466. The number of hydrogen-bond donors (Lipinski definition) is 0. The predicted molar refractivity (Wildman–Crippen MR) is 48.2 cm³/mol. The van der Waals surface area contributed by atoms with Gasteiger partial charge in [-0.1, -0.05) is 0 Å². The van der Waals surface area contributed by atoms with Gasteiger partial charge in [-0.25, -0.2) is 0 Å². The second-order valence-electron chi connectivity index (χ2n) is 4.22. The molecule has 1 aliphatic carbocycles. The van der Waals surface area contributed by atoms with Crippen molar-refractivity contribution < 1.29 is 9.59 Å². The molecule has 2 aliphatic rings. The van der Waals surface area contributed by atoms with Gasteiger partial charge in [-0.2, -0.15) is 0 Å². The summed E-state index contributed by atoms with van der Waals surface area (Å²) in [6, 6.07) is 0. The Bertz CT molecular complexity index is 250. The van der Waals surface area contributed by atoms with Crippen LogP contribution in [0, 0.1) is 0 Å². The van der Waals surface area contributed by atoms with Gasteiger partial charge in [0.05, 0.1) is 0 Å². The van der Waals surface area contributed by atoms with E-state index in [4.69, 9.17) is 0 Å². The highest BCUT2D eigenvalue weighted by atomic mass is 16.2. The molecule has 1 spiro atoms. The number of hydrogen-bond acceptors (Lipinski definition) is 2. The average Bonchev–Trinajstić information content (AvgIpc) is 2.40. The smallest absolute Gasteiger partial charge is 0.222 e. The molecule has 3 nitrogen and oxygen atoms in total. The number of nitrogens with zero attached hydrogens (tertiary/aromatic N) is 1. The van der Waals surface area contributed by atoms with Crippen LogP contribution in [0.25, 0.3) is 0 Å². The van der Waals surface area contributed by atoms with E-state index >= 15 is 0 Å². The number of carbonyl (C=O) groups is 2. The highest BCUT2D eigenvalue weighted by Gasteiger charge is 2.44. The molecule has 0 atom stereocenters. The van der Waals surface area contributed by atoms with Gasteiger partial charge in [-0.15, -0.1) is 0 Å². The number of amides is 1. The minimum atomic E-state index is 0.0466. The zero-order valence-corrected chi connectivity index (χ0v) is 8.01. The third kappa shape index (κ3) is 1.26. The van der Waals surface area contributed by atoms with Crippen molar-refractivity contribution in [2.24, 2.45) is 0 Å². The van der Waals surface area contributed by atoms with Crippen molar-refractivity contribution in [3.63, 3.8) is 0 Å². The molecule has 0 bridgehead atoms. The summed E-state index contributed by atoms with van der Waals surface area (Å²) < 4.78 is 0. The lowest BCUT2D eigenvalue weighted by molar-refractivity contribution is -0.132. The van der Waals surface area contributed by atoms with Crippen LogP contribution < -0.4 is 0 Å². The van der Waals surface area contributed by atoms with Crippen LogP contribution in [-0.2, 0) is 9.59 Å². The summed E-state index contributed by atoms with van der Waals surface area (Å²) in [6.07, 6.45) is 4.72. The van der Waals surface area contributed by atoms with Gasteiger partial charge in [0.1, 0.15) is 5.78 Å². The molecular formula is C10H15NO2. The molecular weight excluding hydrogens is 166 g/mol. The maximum absolute atomic E-state index is 11.4. The maximum atomic E-state index is 11.4. The van der Waals surface area contributed by atoms with Gasteiger partial charge in [-0.05, 0) is 19.3 Å². The van der Waals surface area contributed by atoms with E-state index in [0.29, 0.717) is 25.0 Å². The molecule has 1 saturated heterocycles. The summed E-state index contributed by atoms with van der Waals surface area (Å²) >= 11 is 0. The molecule has 1 aliphatic heterocycles. The number of carbonyl (C=O) groups excluding carboxylic acids is 2. The van der Waals surface area contributed by atoms with Crippen LogP contribution in [0.3, 0.4) is 0 Å². The van der Waals surface area contributed by atoms with Gasteiger partial charge in [0.15, 0.2) is 0 Å². The first-order valence-corrected chi connectivity index (χ1v) is 4.92. The molecule has 2 fully saturated rings. The van der Waals surface area contributed by atoms with Gasteiger partial charge in [0.2, 0.25) is 5.91 Å². The standard InChI is InChI=1S/C10H15NO2/c1-11-9(13)4-7-10(11)5-2-8(12)3-6-10/h2-7H2,1H3. The normalized spacial score (nSPS) is 27.3. The fourth-order valence-corrected chi connectivity index (χ4v) is 2.52. The molecule has 0 aromatic heterocycles. The minimum Gasteiger partial charge on any atom is -0.340 e. The summed E-state index contributed by atoms with van der Waals surface area (Å²) in [5, 5.41) is 0. The molecule has 0 aromatic carbocycles. The first-order valence-electron chi connectivity index (χ1n) is 4.92. The van der Waals surface area contributed by atoms with Gasteiger partial charge in [0, 0.05) is 31.8 Å². The summed E-state index contributed by atoms with van der Waals surface area (Å²) in [5.74, 6) is 0.604. The molecule has 0 N–H and O–H groups in total. The molecule has 1 heterocycles. The van der Waals surface area contributed by atoms with Crippen molar-refractivity contribution in [3.8, 4) is 0 Å². The van der Waals surface area contributed by atoms with Crippen LogP contribution in [0.15, 0.2) is 0 Å². The Hall–Kier alpha value is -0.860. The van der Waals surface area contributed by atoms with Crippen LogP contribution in [0.4, 0.5) is 0 Å². The van der Waals surface area contributed by atoms with Crippen molar-refractivity contribution in [1.29, 1.82) is 0 Å². The van der Waals surface area contributed by atoms with Crippen molar-refractivity contribution in [1.82, 2.24) is 4.90 Å². The van der Waals surface area contributed by atoms with Gasteiger partial charge < -0.3 is 4.90 Å². The van der Waals surface area contributed by atoms with Crippen molar-refractivity contribution in [2.45, 2.75) is 44.1 Å². The third-order valence-corrected chi connectivity index (χ3v) is 3.63. The fourth-order valence-electron chi connectivity index (χ4n) is 2.52. The highest BCUT2D eigenvalue weighted by Crippen LogP contribution is 2.39. The molecule has 0 aromatic rings. The van der Waals surface area contributed by atoms with Crippen LogP contribution in [0.5, 0.6) is 0 Å². The lowest BCUT2D eigenvalue weighted by Gasteiger charge is -2.38. The van der Waals surface area contributed by atoms with E-state index in [0.717, 1.165) is 19.3 Å². The summed E-state index contributed by atoms with van der Waals surface area (Å²) in [7, 11) is 1.88. The fraction of sp³-hybridized carbons (Fsp3) is 0.800. The van der Waals surface area contributed by atoms with E-state index in [2.05, 4.69) is 0 Å². The minimum absolute atomic E-state index is 0.0466. The molecule has 1 saturated carbocycles. The average molecular weight is 181 g/mol. The molecule has 1 amide bonds. The first kappa shape index (κ1) is 8.73. The second-order valence-corrected chi connectivity index (χ2v) is 4.22. The first-order chi connectivity index (χ1) is 6.14. The SMILES string of the molecule is CN1C(=O)CCC12CCC(=O)CC2. The van der Waals surface area contributed by atoms with E-state index in [1.807, 2.05) is 11.9 Å². The Labute approximate surface area is 78.1 Å². The quantitative estimate of drug-likeness (QED) is 0.561. The topological polar surface area (TPSA) is 37.4 Å². The molecule has 0 radical (unpaired) electrons. The lowest BCUT2D eigenvalue weighted by Crippen LogP contribution is -2.45. The van der Waals surface area contributed by atoms with E-state index in [-0.39, 0.29) is 11.4 Å². The van der Waals surface area contributed by atoms with Crippen molar-refractivity contribution in [3.05, 3.63) is 0 Å². The Morgan fingerprint density at radius 1 is 1.08 bits per heavy atom. The van der Waals surface area contributed by atoms with E-state index < -0.39 is 0 Å². The van der Waals surface area contributed by atoms with Gasteiger partial charge in [0.25, 0.3) is 0 Å². The van der Waals surface area contributed by atoms with E-state index in [1.54, 1.807) is 0 Å². The molecule has 2 rings (SSSR count). The number of Topliss-reactive ketones (excluding diaryl/α,β-unsaturated/α-hetero) is 1. The second kappa shape index (κ2) is 2.82. The van der Waals surface area contributed by atoms with Crippen LogP contribution in [0.2, 0.25) is 0 Å². The number of rotatable bonds is 0.